The number of hydrogen-bond acceptors (Lipinski definition) is 4. The number of para-hydroxylation sites is 1. The molecule has 5 heteroatoms. The summed E-state index contributed by atoms with van der Waals surface area (Å²) in [6, 6.07) is 10.2. The van der Waals surface area contributed by atoms with Crippen molar-refractivity contribution in [2.24, 2.45) is 5.92 Å². The minimum atomic E-state index is 0.0985. The van der Waals surface area contributed by atoms with Gasteiger partial charge >= 0.3 is 0 Å². The second-order valence-electron chi connectivity index (χ2n) is 7.05. The van der Waals surface area contributed by atoms with Crippen LogP contribution < -0.4 is 9.80 Å². The Labute approximate surface area is 148 Å². The van der Waals surface area contributed by atoms with Gasteiger partial charge in [-0.05, 0) is 42.9 Å². The number of aromatic nitrogens is 2. The van der Waals surface area contributed by atoms with Crippen LogP contribution in [0.3, 0.4) is 0 Å². The maximum atomic E-state index is 13.1. The third-order valence-electron chi connectivity index (χ3n) is 5.49. The molecule has 5 nitrogen and oxygen atoms in total. The lowest BCUT2D eigenvalue weighted by Crippen LogP contribution is -2.45. The van der Waals surface area contributed by atoms with Gasteiger partial charge in [-0.3, -0.25) is 4.79 Å². The summed E-state index contributed by atoms with van der Waals surface area (Å²) in [5.41, 5.74) is 2.41. The Kier molecular flexibility index (Phi) is 4.38. The largest absolute Gasteiger partial charge is 0.341 e. The van der Waals surface area contributed by atoms with Crippen LogP contribution in [0.2, 0.25) is 0 Å². The van der Waals surface area contributed by atoms with Gasteiger partial charge in [0, 0.05) is 43.6 Å². The molecule has 0 unspecified atom stereocenters. The van der Waals surface area contributed by atoms with Crippen LogP contribution >= 0.6 is 0 Å². The van der Waals surface area contributed by atoms with Crippen LogP contribution in [-0.2, 0) is 4.79 Å². The van der Waals surface area contributed by atoms with Crippen LogP contribution in [0.4, 0.5) is 11.6 Å². The fraction of sp³-hybridized carbons (Fsp3) is 0.450. The first kappa shape index (κ1) is 16.1. The van der Waals surface area contributed by atoms with Crippen molar-refractivity contribution in [3.8, 4) is 0 Å². The summed E-state index contributed by atoms with van der Waals surface area (Å²) in [4.78, 5) is 26.0. The van der Waals surface area contributed by atoms with Gasteiger partial charge in [0.05, 0.1) is 0 Å². The third kappa shape index (κ3) is 3.11. The fourth-order valence-corrected chi connectivity index (χ4v) is 3.98. The molecule has 4 rings (SSSR count). The number of rotatable bonds is 2. The topological polar surface area (TPSA) is 49.3 Å². The molecular formula is C20H24N4O. The Morgan fingerprint density at radius 1 is 1.00 bits per heavy atom. The number of carbonyl (C=O) groups is 1. The molecule has 2 aromatic rings. The normalized spacial score (nSPS) is 21.1. The molecule has 0 aliphatic carbocycles. The molecule has 2 aliphatic rings. The number of piperidine rings is 1. The molecule has 1 aromatic heterocycles. The Bertz CT molecular complexity index is 740. The molecule has 0 saturated carbocycles. The summed E-state index contributed by atoms with van der Waals surface area (Å²) < 4.78 is 0. The summed E-state index contributed by atoms with van der Waals surface area (Å²) in [6.07, 6.45) is 6.31. The summed E-state index contributed by atoms with van der Waals surface area (Å²) in [5.74, 6) is 1.68. The van der Waals surface area contributed by atoms with Gasteiger partial charge in [-0.1, -0.05) is 25.1 Å². The molecule has 130 valence electrons. The smallest absolute Gasteiger partial charge is 0.230 e. The molecule has 0 N–H and O–H groups in total. The highest BCUT2D eigenvalue weighted by atomic mass is 16.2. The Morgan fingerprint density at radius 2 is 1.72 bits per heavy atom. The van der Waals surface area contributed by atoms with Crippen molar-refractivity contribution in [3.63, 3.8) is 0 Å². The van der Waals surface area contributed by atoms with Crippen LogP contribution in [0.15, 0.2) is 42.7 Å². The van der Waals surface area contributed by atoms with Crippen molar-refractivity contribution in [2.75, 3.05) is 29.4 Å². The predicted molar refractivity (Wildman–Crippen MR) is 98.8 cm³/mol. The molecule has 2 aliphatic heterocycles. The SMILES string of the molecule is C[C@@H]1CCN(C(=O)C2CCN(c3ncccn3)CC2)c2ccccc21. The monoisotopic (exact) mass is 336 g/mol. The van der Waals surface area contributed by atoms with Gasteiger partial charge in [-0.2, -0.15) is 0 Å². The van der Waals surface area contributed by atoms with Crippen LogP contribution in [0.1, 0.15) is 37.7 Å². The van der Waals surface area contributed by atoms with Gasteiger partial charge in [0.2, 0.25) is 11.9 Å². The van der Waals surface area contributed by atoms with Gasteiger partial charge in [0.1, 0.15) is 0 Å². The first-order valence-electron chi connectivity index (χ1n) is 9.16. The van der Waals surface area contributed by atoms with Gasteiger partial charge in [-0.25, -0.2) is 9.97 Å². The van der Waals surface area contributed by atoms with Crippen molar-refractivity contribution in [2.45, 2.75) is 32.1 Å². The molecule has 0 radical (unpaired) electrons. The highest BCUT2D eigenvalue weighted by molar-refractivity contribution is 5.96. The molecule has 0 bridgehead atoms. The van der Waals surface area contributed by atoms with E-state index in [0.717, 1.165) is 50.5 Å². The van der Waals surface area contributed by atoms with E-state index in [-0.39, 0.29) is 11.8 Å². The lowest BCUT2D eigenvalue weighted by Gasteiger charge is -2.37. The maximum Gasteiger partial charge on any atom is 0.230 e. The second-order valence-corrected chi connectivity index (χ2v) is 7.05. The number of fused-ring (bicyclic) bond motifs is 1. The average molecular weight is 336 g/mol. The third-order valence-corrected chi connectivity index (χ3v) is 5.49. The van der Waals surface area contributed by atoms with Crippen molar-refractivity contribution < 1.29 is 4.79 Å². The van der Waals surface area contributed by atoms with E-state index in [9.17, 15) is 4.79 Å². The lowest BCUT2D eigenvalue weighted by atomic mass is 9.89. The first-order valence-corrected chi connectivity index (χ1v) is 9.16. The summed E-state index contributed by atoms with van der Waals surface area (Å²) >= 11 is 0. The van der Waals surface area contributed by atoms with Crippen molar-refractivity contribution in [1.29, 1.82) is 0 Å². The highest BCUT2D eigenvalue weighted by Gasteiger charge is 2.33. The van der Waals surface area contributed by atoms with Gasteiger partial charge in [0.15, 0.2) is 0 Å². The summed E-state index contributed by atoms with van der Waals surface area (Å²) in [5, 5.41) is 0. The minimum absolute atomic E-state index is 0.0985. The zero-order valence-corrected chi connectivity index (χ0v) is 14.6. The molecule has 0 spiro atoms. The summed E-state index contributed by atoms with van der Waals surface area (Å²) in [7, 11) is 0. The van der Waals surface area contributed by atoms with E-state index in [0.29, 0.717) is 5.92 Å². The Hall–Kier alpha value is -2.43. The van der Waals surface area contributed by atoms with Gasteiger partial charge in [0.25, 0.3) is 0 Å². The van der Waals surface area contributed by atoms with Gasteiger partial charge in [-0.15, -0.1) is 0 Å². The number of carbonyl (C=O) groups excluding carboxylic acids is 1. The van der Waals surface area contributed by atoms with E-state index < -0.39 is 0 Å². The minimum Gasteiger partial charge on any atom is -0.341 e. The number of hydrogen-bond donors (Lipinski definition) is 0. The molecule has 1 atom stereocenters. The number of amides is 1. The first-order chi connectivity index (χ1) is 12.2. The zero-order valence-electron chi connectivity index (χ0n) is 14.6. The van der Waals surface area contributed by atoms with Crippen molar-refractivity contribution in [3.05, 3.63) is 48.3 Å². The molecule has 25 heavy (non-hydrogen) atoms. The average Bonchev–Trinajstić information content (AvgIpc) is 2.69. The van der Waals surface area contributed by atoms with E-state index in [1.807, 2.05) is 17.0 Å². The zero-order chi connectivity index (χ0) is 17.2. The van der Waals surface area contributed by atoms with Crippen molar-refractivity contribution in [1.82, 2.24) is 9.97 Å². The quantitative estimate of drug-likeness (QED) is 0.845. The standard InChI is InChI=1S/C20H24N4O/c1-15-7-14-24(18-6-3-2-5-17(15)18)19(25)16-8-12-23(13-9-16)20-21-10-4-11-22-20/h2-6,10-11,15-16H,7-9,12-14H2,1H3/t15-/m1/s1. The van der Waals surface area contributed by atoms with E-state index >= 15 is 0 Å². The fourth-order valence-electron chi connectivity index (χ4n) is 3.98. The molecular weight excluding hydrogens is 312 g/mol. The van der Waals surface area contributed by atoms with E-state index in [4.69, 9.17) is 0 Å². The number of anilines is 2. The number of benzene rings is 1. The van der Waals surface area contributed by atoms with Gasteiger partial charge < -0.3 is 9.80 Å². The van der Waals surface area contributed by atoms with Crippen LogP contribution in [-0.4, -0.2) is 35.5 Å². The molecule has 1 amide bonds. The van der Waals surface area contributed by atoms with E-state index in [1.165, 1.54) is 5.56 Å². The summed E-state index contributed by atoms with van der Waals surface area (Å²) in [6.45, 7) is 4.76. The lowest BCUT2D eigenvalue weighted by molar-refractivity contribution is -0.123. The van der Waals surface area contributed by atoms with Crippen LogP contribution in [0.5, 0.6) is 0 Å². The number of nitrogens with zero attached hydrogens (tertiary/aromatic N) is 4. The molecule has 1 saturated heterocycles. The van der Waals surface area contributed by atoms with Crippen LogP contribution in [0, 0.1) is 5.92 Å². The Morgan fingerprint density at radius 3 is 2.48 bits per heavy atom. The maximum absolute atomic E-state index is 13.1. The van der Waals surface area contributed by atoms with E-state index in [2.05, 4.69) is 40.0 Å². The van der Waals surface area contributed by atoms with E-state index in [1.54, 1.807) is 12.4 Å². The Balaban J connectivity index is 1.46. The van der Waals surface area contributed by atoms with Crippen LogP contribution in [0.25, 0.3) is 0 Å². The molecule has 1 aromatic carbocycles. The highest BCUT2D eigenvalue weighted by Crippen LogP contribution is 2.36. The molecule has 3 heterocycles. The van der Waals surface area contributed by atoms with Crippen molar-refractivity contribution >= 4 is 17.5 Å². The molecule has 1 fully saturated rings. The second kappa shape index (κ2) is 6.82. The predicted octanol–water partition coefficient (Wildman–Crippen LogP) is 3.23.